The molecule has 24 heavy (non-hydrogen) atoms. The van der Waals surface area contributed by atoms with Crippen LogP contribution in [0, 0.1) is 0 Å². The summed E-state index contributed by atoms with van der Waals surface area (Å²) in [5, 5.41) is 5.22. The van der Waals surface area contributed by atoms with Gasteiger partial charge in [0.15, 0.2) is 0 Å². The molecule has 1 aliphatic carbocycles. The van der Waals surface area contributed by atoms with E-state index in [0.29, 0.717) is 18.5 Å². The highest BCUT2D eigenvalue weighted by Gasteiger charge is 2.46. The van der Waals surface area contributed by atoms with Gasteiger partial charge in [0.2, 0.25) is 21.8 Å². The summed E-state index contributed by atoms with van der Waals surface area (Å²) in [6.45, 7) is 0.297. The fourth-order valence-electron chi connectivity index (χ4n) is 2.32. The molecule has 1 heterocycles. The highest BCUT2D eigenvalue weighted by molar-refractivity contribution is 7.89. The number of rotatable bonds is 4. The predicted octanol–water partition coefficient (Wildman–Crippen LogP) is -0.341. The summed E-state index contributed by atoms with van der Waals surface area (Å²) >= 11 is 0. The molecular formula is C14H19ClN4O4S. The Bertz CT molecular complexity index is 764. The Kier molecular flexibility index (Phi) is 5.19. The second kappa shape index (κ2) is 6.67. The molecule has 0 bridgehead atoms. The van der Waals surface area contributed by atoms with Crippen LogP contribution in [0.4, 0.5) is 5.69 Å². The van der Waals surface area contributed by atoms with Crippen LogP contribution in [0.5, 0.6) is 0 Å². The molecule has 4 N–H and O–H groups in total. The molecule has 1 saturated carbocycles. The van der Waals surface area contributed by atoms with Crippen LogP contribution in [-0.4, -0.2) is 49.7 Å². The van der Waals surface area contributed by atoms with Crippen molar-refractivity contribution in [3.63, 3.8) is 0 Å². The highest BCUT2D eigenvalue weighted by atomic mass is 35.5. The Balaban J connectivity index is 0.00000208. The molecule has 0 radical (unpaired) electrons. The zero-order valence-corrected chi connectivity index (χ0v) is 14.5. The van der Waals surface area contributed by atoms with Crippen molar-refractivity contribution in [1.82, 2.24) is 9.62 Å². The lowest BCUT2D eigenvalue weighted by atomic mass is 10.2. The third-order valence-corrected chi connectivity index (χ3v) is 5.82. The minimum atomic E-state index is -3.78. The molecule has 2 amide bonds. The van der Waals surface area contributed by atoms with E-state index in [1.807, 2.05) is 0 Å². The first-order chi connectivity index (χ1) is 10.8. The number of benzene rings is 1. The normalized spacial score (nSPS) is 19.8. The number of carbonyl (C=O) groups is 2. The fourth-order valence-corrected chi connectivity index (χ4v) is 3.76. The minimum absolute atomic E-state index is 0. The Morgan fingerprint density at radius 3 is 2.67 bits per heavy atom. The molecule has 3 rings (SSSR count). The standard InChI is InChI=1S/C14H18N4O4S.ClH/c15-14(4-5-14)13(20)17-10-2-1-3-11(8-10)23(21,22)18-7-6-16-12(19)9-18;/h1-3,8H,4-7,9,15H2,(H,16,19)(H,17,20);1H. The van der Waals surface area contributed by atoms with Crippen molar-refractivity contribution in [3.8, 4) is 0 Å². The number of carbonyl (C=O) groups excluding carboxylic acids is 2. The lowest BCUT2D eigenvalue weighted by molar-refractivity contribution is -0.122. The van der Waals surface area contributed by atoms with Crippen LogP contribution in [-0.2, 0) is 19.6 Å². The van der Waals surface area contributed by atoms with Crippen LogP contribution in [0.2, 0.25) is 0 Å². The van der Waals surface area contributed by atoms with Gasteiger partial charge in [0.1, 0.15) is 0 Å². The average molecular weight is 375 g/mol. The summed E-state index contributed by atoms with van der Waals surface area (Å²) in [5.74, 6) is -0.646. The lowest BCUT2D eigenvalue weighted by Gasteiger charge is -2.26. The summed E-state index contributed by atoms with van der Waals surface area (Å²) in [6.07, 6.45) is 1.25. The van der Waals surface area contributed by atoms with Crippen molar-refractivity contribution in [3.05, 3.63) is 24.3 Å². The largest absolute Gasteiger partial charge is 0.354 e. The van der Waals surface area contributed by atoms with Gasteiger partial charge in [-0.3, -0.25) is 9.59 Å². The number of amides is 2. The topological polar surface area (TPSA) is 122 Å². The molecule has 0 aromatic heterocycles. The zero-order valence-electron chi connectivity index (χ0n) is 12.8. The van der Waals surface area contributed by atoms with Crippen LogP contribution >= 0.6 is 12.4 Å². The molecule has 1 aliphatic heterocycles. The molecule has 0 spiro atoms. The van der Waals surface area contributed by atoms with Crippen molar-refractivity contribution < 1.29 is 18.0 Å². The molecule has 132 valence electrons. The van der Waals surface area contributed by atoms with Gasteiger partial charge < -0.3 is 16.4 Å². The van der Waals surface area contributed by atoms with Crippen LogP contribution in [0.15, 0.2) is 29.2 Å². The van der Waals surface area contributed by atoms with E-state index < -0.39 is 15.6 Å². The zero-order chi connectivity index (χ0) is 16.7. The quantitative estimate of drug-likeness (QED) is 0.665. The van der Waals surface area contributed by atoms with E-state index in [1.165, 1.54) is 12.1 Å². The maximum Gasteiger partial charge on any atom is 0.244 e. The van der Waals surface area contributed by atoms with E-state index in [1.54, 1.807) is 12.1 Å². The summed E-state index contributed by atoms with van der Waals surface area (Å²) in [5.41, 5.74) is 5.35. The summed E-state index contributed by atoms with van der Waals surface area (Å²) in [4.78, 5) is 23.4. The number of nitrogens with one attached hydrogen (secondary N) is 2. The number of hydrogen-bond acceptors (Lipinski definition) is 5. The molecule has 1 aromatic rings. The number of anilines is 1. The van der Waals surface area contributed by atoms with E-state index in [0.717, 1.165) is 4.31 Å². The fraction of sp³-hybridized carbons (Fsp3) is 0.429. The van der Waals surface area contributed by atoms with Crippen molar-refractivity contribution in [2.75, 3.05) is 25.0 Å². The van der Waals surface area contributed by atoms with Crippen LogP contribution in [0.3, 0.4) is 0 Å². The van der Waals surface area contributed by atoms with E-state index in [4.69, 9.17) is 5.73 Å². The average Bonchev–Trinajstić information content (AvgIpc) is 3.27. The smallest absolute Gasteiger partial charge is 0.244 e. The van der Waals surface area contributed by atoms with Gasteiger partial charge in [-0.2, -0.15) is 4.31 Å². The van der Waals surface area contributed by atoms with Crippen molar-refractivity contribution in [2.45, 2.75) is 23.3 Å². The molecule has 2 aliphatic rings. The van der Waals surface area contributed by atoms with Crippen LogP contribution < -0.4 is 16.4 Å². The van der Waals surface area contributed by atoms with Gasteiger partial charge in [-0.15, -0.1) is 12.4 Å². The van der Waals surface area contributed by atoms with Crippen molar-refractivity contribution >= 4 is 39.9 Å². The van der Waals surface area contributed by atoms with Gasteiger partial charge in [-0.1, -0.05) is 6.07 Å². The number of nitrogens with two attached hydrogens (primary N) is 1. The minimum Gasteiger partial charge on any atom is -0.354 e. The van der Waals surface area contributed by atoms with Gasteiger partial charge >= 0.3 is 0 Å². The molecule has 2 fully saturated rings. The maximum atomic E-state index is 12.6. The van der Waals surface area contributed by atoms with Crippen molar-refractivity contribution in [1.29, 1.82) is 0 Å². The predicted molar refractivity (Wildman–Crippen MR) is 90.2 cm³/mol. The Morgan fingerprint density at radius 2 is 2.04 bits per heavy atom. The first-order valence-electron chi connectivity index (χ1n) is 7.28. The second-order valence-electron chi connectivity index (χ2n) is 5.83. The molecule has 10 heteroatoms. The van der Waals surface area contributed by atoms with Crippen LogP contribution in [0.1, 0.15) is 12.8 Å². The SMILES string of the molecule is Cl.NC1(C(=O)Nc2cccc(S(=O)(=O)N3CCNC(=O)C3)c2)CC1. The number of sulfonamides is 1. The lowest BCUT2D eigenvalue weighted by Crippen LogP contribution is -2.49. The Labute approximate surface area is 146 Å². The van der Waals surface area contributed by atoms with Gasteiger partial charge in [0.25, 0.3) is 0 Å². The van der Waals surface area contributed by atoms with E-state index in [9.17, 15) is 18.0 Å². The summed E-state index contributed by atoms with van der Waals surface area (Å²) in [7, 11) is -3.78. The first-order valence-corrected chi connectivity index (χ1v) is 8.73. The summed E-state index contributed by atoms with van der Waals surface area (Å²) < 4.78 is 26.3. The van der Waals surface area contributed by atoms with E-state index in [-0.39, 0.29) is 48.8 Å². The van der Waals surface area contributed by atoms with E-state index in [2.05, 4.69) is 10.6 Å². The number of piperazine rings is 1. The highest BCUT2D eigenvalue weighted by Crippen LogP contribution is 2.33. The summed E-state index contributed by atoms with van der Waals surface area (Å²) in [6, 6.07) is 5.96. The van der Waals surface area contributed by atoms with Crippen molar-refractivity contribution in [2.24, 2.45) is 5.73 Å². The molecule has 1 saturated heterocycles. The molecule has 0 atom stereocenters. The first kappa shape index (κ1) is 18.7. The third kappa shape index (κ3) is 3.69. The monoisotopic (exact) mass is 374 g/mol. The second-order valence-corrected chi connectivity index (χ2v) is 7.76. The molecule has 0 unspecified atom stereocenters. The Hall–Kier alpha value is -1.68. The van der Waals surface area contributed by atoms with Crippen LogP contribution in [0.25, 0.3) is 0 Å². The van der Waals surface area contributed by atoms with Gasteiger partial charge in [0.05, 0.1) is 17.0 Å². The van der Waals surface area contributed by atoms with Gasteiger partial charge in [0, 0.05) is 18.8 Å². The Morgan fingerprint density at radius 1 is 1.33 bits per heavy atom. The molecule has 8 nitrogen and oxygen atoms in total. The van der Waals surface area contributed by atoms with E-state index >= 15 is 0 Å². The molecular weight excluding hydrogens is 356 g/mol. The number of halogens is 1. The molecule has 1 aromatic carbocycles. The maximum absolute atomic E-state index is 12.6. The van der Waals surface area contributed by atoms with Gasteiger partial charge in [-0.05, 0) is 31.0 Å². The number of hydrogen-bond donors (Lipinski definition) is 3. The third-order valence-electron chi connectivity index (χ3n) is 3.97. The van der Waals surface area contributed by atoms with Gasteiger partial charge in [-0.25, -0.2) is 8.42 Å². The number of nitrogens with zero attached hydrogens (tertiary/aromatic N) is 1.